The van der Waals surface area contributed by atoms with Crippen LogP contribution >= 0.6 is 0 Å². The molecule has 2 rings (SSSR count). The van der Waals surface area contributed by atoms with Gasteiger partial charge in [0.15, 0.2) is 0 Å². The van der Waals surface area contributed by atoms with Crippen molar-refractivity contribution in [3.05, 3.63) is 65.7 Å². The van der Waals surface area contributed by atoms with E-state index in [4.69, 9.17) is 4.74 Å². The molecule has 22 heavy (non-hydrogen) atoms. The molecule has 0 radical (unpaired) electrons. The zero-order valence-corrected chi connectivity index (χ0v) is 13.7. The summed E-state index contributed by atoms with van der Waals surface area (Å²) in [7, 11) is 2.02. The minimum absolute atomic E-state index is 0.537. The van der Waals surface area contributed by atoms with Crippen molar-refractivity contribution in [2.75, 3.05) is 20.2 Å². The summed E-state index contributed by atoms with van der Waals surface area (Å²) in [6.45, 7) is 3.95. The van der Waals surface area contributed by atoms with Gasteiger partial charge in [0.2, 0.25) is 0 Å². The molecule has 118 valence electrons. The molecule has 0 aliphatic heterocycles. The van der Waals surface area contributed by atoms with Crippen molar-refractivity contribution in [3.8, 4) is 5.75 Å². The first kappa shape index (κ1) is 16.6. The van der Waals surface area contributed by atoms with Crippen LogP contribution in [0.15, 0.2) is 54.6 Å². The average molecular weight is 297 g/mol. The monoisotopic (exact) mass is 297 g/mol. The summed E-state index contributed by atoms with van der Waals surface area (Å²) in [5.41, 5.74) is 2.76. The highest BCUT2D eigenvalue weighted by Crippen LogP contribution is 2.25. The molecule has 0 aliphatic rings. The molecule has 1 atom stereocenters. The zero-order chi connectivity index (χ0) is 15.6. The van der Waals surface area contributed by atoms with Crippen molar-refractivity contribution in [2.24, 2.45) is 0 Å². The topological polar surface area (TPSA) is 21.3 Å². The van der Waals surface area contributed by atoms with Gasteiger partial charge in [0.1, 0.15) is 5.75 Å². The third kappa shape index (κ3) is 5.19. The number of nitrogens with one attached hydrogen (secondary N) is 1. The van der Waals surface area contributed by atoms with Crippen LogP contribution < -0.4 is 10.1 Å². The molecule has 0 saturated carbocycles. The van der Waals surface area contributed by atoms with Gasteiger partial charge in [-0.3, -0.25) is 0 Å². The summed E-state index contributed by atoms with van der Waals surface area (Å²) < 4.78 is 5.75. The lowest BCUT2D eigenvalue weighted by Crippen LogP contribution is -2.14. The first-order chi connectivity index (χ1) is 10.8. The molecule has 2 aromatic carbocycles. The van der Waals surface area contributed by atoms with Crippen molar-refractivity contribution in [1.29, 1.82) is 0 Å². The summed E-state index contributed by atoms with van der Waals surface area (Å²) in [5.74, 6) is 1.52. The molecular formula is C20H27NO. The highest BCUT2D eigenvalue weighted by molar-refractivity contribution is 5.31. The van der Waals surface area contributed by atoms with Crippen LogP contribution in [0.1, 0.15) is 36.8 Å². The van der Waals surface area contributed by atoms with E-state index >= 15 is 0 Å². The van der Waals surface area contributed by atoms with E-state index in [1.165, 1.54) is 11.1 Å². The van der Waals surface area contributed by atoms with E-state index in [1.807, 2.05) is 13.1 Å². The molecule has 2 nitrogen and oxygen atoms in total. The molecule has 0 aliphatic carbocycles. The number of benzene rings is 2. The van der Waals surface area contributed by atoms with Crippen LogP contribution in [0.2, 0.25) is 0 Å². The van der Waals surface area contributed by atoms with Crippen LogP contribution in [0.3, 0.4) is 0 Å². The largest absolute Gasteiger partial charge is 0.494 e. The van der Waals surface area contributed by atoms with Crippen LogP contribution in [0.25, 0.3) is 0 Å². The van der Waals surface area contributed by atoms with Gasteiger partial charge in [0.05, 0.1) is 6.61 Å². The van der Waals surface area contributed by atoms with Crippen molar-refractivity contribution >= 4 is 0 Å². The Morgan fingerprint density at radius 3 is 2.59 bits per heavy atom. The van der Waals surface area contributed by atoms with Crippen LogP contribution in [0, 0.1) is 0 Å². The molecule has 0 bridgehead atoms. The summed E-state index contributed by atoms with van der Waals surface area (Å²) in [6, 6.07) is 19.3. The molecule has 1 N–H and O–H groups in total. The first-order valence-corrected chi connectivity index (χ1v) is 8.24. The highest BCUT2D eigenvalue weighted by atomic mass is 16.5. The Labute approximate surface area is 134 Å². The number of rotatable bonds is 9. The van der Waals surface area contributed by atoms with Crippen LogP contribution in [-0.4, -0.2) is 20.2 Å². The molecule has 0 heterocycles. The standard InChI is InChI=1S/C20H27NO/c1-3-14-22-20-11-7-8-17(16-20)15-19(12-13-21-2)18-9-5-4-6-10-18/h4-11,16,19,21H,3,12-15H2,1-2H3. The normalized spacial score (nSPS) is 12.1. The van der Waals surface area contributed by atoms with E-state index < -0.39 is 0 Å². The van der Waals surface area contributed by atoms with Gasteiger partial charge < -0.3 is 10.1 Å². The molecule has 2 aromatic rings. The smallest absolute Gasteiger partial charge is 0.119 e. The van der Waals surface area contributed by atoms with Crippen molar-refractivity contribution < 1.29 is 4.74 Å². The van der Waals surface area contributed by atoms with Crippen molar-refractivity contribution in [2.45, 2.75) is 32.1 Å². The third-order valence-corrected chi connectivity index (χ3v) is 3.87. The Kier molecular flexibility index (Phi) is 6.98. The maximum absolute atomic E-state index is 5.75. The summed E-state index contributed by atoms with van der Waals surface area (Å²) >= 11 is 0. The van der Waals surface area contributed by atoms with E-state index in [2.05, 4.69) is 60.8 Å². The second kappa shape index (κ2) is 9.26. The summed E-state index contributed by atoms with van der Waals surface area (Å²) in [4.78, 5) is 0. The lowest BCUT2D eigenvalue weighted by atomic mass is 9.89. The molecule has 2 heteroatoms. The van der Waals surface area contributed by atoms with Gasteiger partial charge >= 0.3 is 0 Å². The predicted octanol–water partition coefficient (Wildman–Crippen LogP) is 4.41. The predicted molar refractivity (Wildman–Crippen MR) is 93.7 cm³/mol. The Balaban J connectivity index is 2.09. The molecule has 0 fully saturated rings. The van der Waals surface area contributed by atoms with E-state index in [9.17, 15) is 0 Å². The van der Waals surface area contributed by atoms with E-state index in [0.29, 0.717) is 5.92 Å². The number of ether oxygens (including phenoxy) is 1. The van der Waals surface area contributed by atoms with Gasteiger partial charge in [-0.2, -0.15) is 0 Å². The Hall–Kier alpha value is -1.80. The fraction of sp³-hybridized carbons (Fsp3) is 0.400. The van der Waals surface area contributed by atoms with Crippen molar-refractivity contribution in [3.63, 3.8) is 0 Å². The molecule has 0 amide bonds. The maximum Gasteiger partial charge on any atom is 0.119 e. The fourth-order valence-corrected chi connectivity index (χ4v) is 2.70. The van der Waals surface area contributed by atoms with Crippen LogP contribution in [-0.2, 0) is 6.42 Å². The van der Waals surface area contributed by atoms with Gasteiger partial charge in [0, 0.05) is 0 Å². The SMILES string of the molecule is CCCOc1cccc(CC(CCNC)c2ccccc2)c1. The molecule has 0 spiro atoms. The first-order valence-electron chi connectivity index (χ1n) is 8.24. The fourth-order valence-electron chi connectivity index (χ4n) is 2.70. The zero-order valence-electron chi connectivity index (χ0n) is 13.7. The Bertz CT molecular complexity index is 538. The second-order valence-corrected chi connectivity index (χ2v) is 5.70. The minimum Gasteiger partial charge on any atom is -0.494 e. The second-order valence-electron chi connectivity index (χ2n) is 5.70. The van der Waals surface area contributed by atoms with Gasteiger partial charge in [-0.1, -0.05) is 49.4 Å². The van der Waals surface area contributed by atoms with E-state index in [0.717, 1.165) is 38.2 Å². The van der Waals surface area contributed by atoms with Gasteiger partial charge in [0.25, 0.3) is 0 Å². The van der Waals surface area contributed by atoms with Crippen LogP contribution in [0.5, 0.6) is 5.75 Å². The van der Waals surface area contributed by atoms with Gasteiger partial charge in [-0.15, -0.1) is 0 Å². The van der Waals surface area contributed by atoms with Crippen LogP contribution in [0.4, 0.5) is 0 Å². The molecular weight excluding hydrogens is 270 g/mol. The summed E-state index contributed by atoms with van der Waals surface area (Å²) in [6.07, 6.45) is 3.23. The van der Waals surface area contributed by atoms with Gasteiger partial charge in [-0.25, -0.2) is 0 Å². The quantitative estimate of drug-likeness (QED) is 0.740. The average Bonchev–Trinajstić information content (AvgIpc) is 2.58. The number of hydrogen-bond acceptors (Lipinski definition) is 2. The van der Waals surface area contributed by atoms with Crippen molar-refractivity contribution in [1.82, 2.24) is 5.32 Å². The molecule has 0 aromatic heterocycles. The van der Waals surface area contributed by atoms with E-state index in [-0.39, 0.29) is 0 Å². The van der Waals surface area contributed by atoms with E-state index in [1.54, 1.807) is 0 Å². The molecule has 1 unspecified atom stereocenters. The maximum atomic E-state index is 5.75. The third-order valence-electron chi connectivity index (χ3n) is 3.87. The minimum atomic E-state index is 0.537. The number of hydrogen-bond donors (Lipinski definition) is 1. The van der Waals surface area contributed by atoms with Gasteiger partial charge in [-0.05, 0) is 62.0 Å². The molecule has 0 saturated heterocycles. The lowest BCUT2D eigenvalue weighted by molar-refractivity contribution is 0.317. The Morgan fingerprint density at radius 2 is 1.86 bits per heavy atom. The highest BCUT2D eigenvalue weighted by Gasteiger charge is 2.12. The Morgan fingerprint density at radius 1 is 1.05 bits per heavy atom. The lowest BCUT2D eigenvalue weighted by Gasteiger charge is -2.18. The summed E-state index contributed by atoms with van der Waals surface area (Å²) in [5, 5.41) is 3.27.